The number of anilines is 1. The lowest BCUT2D eigenvalue weighted by Gasteiger charge is -2.38. The van der Waals surface area contributed by atoms with Gasteiger partial charge in [0.05, 0.1) is 6.04 Å². The van der Waals surface area contributed by atoms with Gasteiger partial charge in [0.15, 0.2) is 6.10 Å². The second-order valence-electron chi connectivity index (χ2n) is 8.62. The smallest absolute Gasteiger partial charge is 0.265 e. The fourth-order valence-corrected chi connectivity index (χ4v) is 4.28. The van der Waals surface area contributed by atoms with E-state index in [1.807, 2.05) is 36.9 Å². The number of nitrogens with one attached hydrogen (secondary N) is 1. The SMILES string of the molecule is CCC(=O)N1CCc2ccc(O[C@@H](C)C(=O)Nc3ccc(F)cc3)cc2[C@@H]1c1ccc(C)cc1. The molecule has 1 aliphatic rings. The van der Waals surface area contributed by atoms with Crippen LogP contribution in [0.15, 0.2) is 66.7 Å². The van der Waals surface area contributed by atoms with Gasteiger partial charge in [-0.25, -0.2) is 4.39 Å². The molecular weight excluding hydrogens is 431 g/mol. The van der Waals surface area contributed by atoms with Crippen LogP contribution < -0.4 is 10.1 Å². The normalized spacial score (nSPS) is 15.9. The van der Waals surface area contributed by atoms with E-state index >= 15 is 0 Å². The van der Waals surface area contributed by atoms with E-state index in [-0.39, 0.29) is 23.7 Å². The van der Waals surface area contributed by atoms with Crippen LogP contribution in [0.1, 0.15) is 48.6 Å². The molecule has 0 aliphatic carbocycles. The molecule has 176 valence electrons. The van der Waals surface area contributed by atoms with E-state index in [1.54, 1.807) is 6.92 Å². The molecule has 4 rings (SSSR count). The lowest BCUT2D eigenvalue weighted by molar-refractivity contribution is -0.133. The minimum Gasteiger partial charge on any atom is -0.481 e. The number of hydrogen-bond donors (Lipinski definition) is 1. The number of carbonyl (C=O) groups excluding carboxylic acids is 2. The summed E-state index contributed by atoms with van der Waals surface area (Å²) in [6, 6.07) is 19.5. The Morgan fingerprint density at radius 3 is 2.47 bits per heavy atom. The van der Waals surface area contributed by atoms with Gasteiger partial charge in [-0.3, -0.25) is 9.59 Å². The molecule has 0 saturated carbocycles. The topological polar surface area (TPSA) is 58.6 Å². The Bertz CT molecular complexity index is 1180. The van der Waals surface area contributed by atoms with Crippen LogP contribution in [-0.2, 0) is 16.0 Å². The summed E-state index contributed by atoms with van der Waals surface area (Å²) >= 11 is 0. The van der Waals surface area contributed by atoms with Gasteiger partial charge in [-0.1, -0.05) is 42.8 Å². The van der Waals surface area contributed by atoms with Gasteiger partial charge in [0.25, 0.3) is 5.91 Å². The molecule has 3 aromatic carbocycles. The third kappa shape index (κ3) is 5.11. The molecule has 3 aromatic rings. The first-order valence-electron chi connectivity index (χ1n) is 11.6. The van der Waals surface area contributed by atoms with Crippen molar-refractivity contribution in [2.75, 3.05) is 11.9 Å². The maximum atomic E-state index is 13.1. The Morgan fingerprint density at radius 2 is 1.79 bits per heavy atom. The number of amides is 2. The number of carbonyl (C=O) groups is 2. The number of benzene rings is 3. The van der Waals surface area contributed by atoms with Crippen LogP contribution in [0.4, 0.5) is 10.1 Å². The van der Waals surface area contributed by atoms with Gasteiger partial charge >= 0.3 is 0 Å². The molecule has 0 saturated heterocycles. The van der Waals surface area contributed by atoms with Crippen molar-refractivity contribution in [3.05, 3.63) is 94.8 Å². The number of fused-ring (bicyclic) bond motifs is 1. The molecule has 0 aromatic heterocycles. The van der Waals surface area contributed by atoms with Gasteiger partial charge in [-0.05, 0) is 73.4 Å². The number of rotatable bonds is 6. The Hall–Kier alpha value is -3.67. The summed E-state index contributed by atoms with van der Waals surface area (Å²) in [5.41, 5.74) is 4.89. The average molecular weight is 461 g/mol. The van der Waals surface area contributed by atoms with Crippen molar-refractivity contribution < 1.29 is 18.7 Å². The average Bonchev–Trinajstić information content (AvgIpc) is 2.84. The van der Waals surface area contributed by atoms with Crippen LogP contribution >= 0.6 is 0 Å². The highest BCUT2D eigenvalue weighted by atomic mass is 19.1. The zero-order chi connectivity index (χ0) is 24.2. The third-order valence-corrected chi connectivity index (χ3v) is 6.16. The molecule has 1 aliphatic heterocycles. The van der Waals surface area contributed by atoms with E-state index in [4.69, 9.17) is 4.74 Å². The number of aryl methyl sites for hydroxylation is 1. The first kappa shape index (κ1) is 23.5. The molecule has 0 radical (unpaired) electrons. The van der Waals surface area contributed by atoms with Crippen LogP contribution in [0.3, 0.4) is 0 Å². The quantitative estimate of drug-likeness (QED) is 0.534. The van der Waals surface area contributed by atoms with Gasteiger partial charge in [0, 0.05) is 18.7 Å². The fraction of sp³-hybridized carbons (Fsp3) is 0.286. The maximum absolute atomic E-state index is 13.1. The largest absolute Gasteiger partial charge is 0.481 e. The van der Waals surface area contributed by atoms with Gasteiger partial charge in [0.1, 0.15) is 11.6 Å². The van der Waals surface area contributed by atoms with Crippen LogP contribution in [0.5, 0.6) is 5.75 Å². The summed E-state index contributed by atoms with van der Waals surface area (Å²) < 4.78 is 19.1. The van der Waals surface area contributed by atoms with E-state index in [0.717, 1.165) is 23.1 Å². The molecule has 0 fully saturated rings. The van der Waals surface area contributed by atoms with Crippen LogP contribution in [-0.4, -0.2) is 29.4 Å². The predicted octanol–water partition coefficient (Wildman–Crippen LogP) is 5.42. The fourth-order valence-electron chi connectivity index (χ4n) is 4.28. The highest BCUT2D eigenvalue weighted by molar-refractivity contribution is 5.94. The summed E-state index contributed by atoms with van der Waals surface area (Å²) in [6.07, 6.45) is 0.441. The molecule has 5 nitrogen and oxygen atoms in total. The Balaban J connectivity index is 1.59. The molecule has 0 bridgehead atoms. The van der Waals surface area contributed by atoms with Crippen molar-refractivity contribution >= 4 is 17.5 Å². The summed E-state index contributed by atoms with van der Waals surface area (Å²) in [5, 5.41) is 2.74. The van der Waals surface area contributed by atoms with Gasteiger partial charge < -0.3 is 15.0 Å². The first-order valence-corrected chi connectivity index (χ1v) is 11.6. The molecule has 34 heavy (non-hydrogen) atoms. The van der Waals surface area contributed by atoms with E-state index in [9.17, 15) is 14.0 Å². The standard InChI is InChI=1S/C28H29FN2O3/c1-4-26(32)31-16-15-20-9-14-24(17-25(20)27(31)21-7-5-18(2)6-8-21)34-19(3)28(33)30-23-12-10-22(29)11-13-23/h5-14,17,19,27H,4,15-16H2,1-3H3,(H,30,33)/t19-,27-/m0/s1. The van der Waals surface area contributed by atoms with Crippen molar-refractivity contribution in [2.45, 2.75) is 45.8 Å². The highest BCUT2D eigenvalue weighted by Crippen LogP contribution is 2.37. The summed E-state index contributed by atoms with van der Waals surface area (Å²) in [7, 11) is 0. The number of hydrogen-bond acceptors (Lipinski definition) is 3. The second-order valence-corrected chi connectivity index (χ2v) is 8.62. The maximum Gasteiger partial charge on any atom is 0.265 e. The van der Waals surface area contributed by atoms with Crippen molar-refractivity contribution in [2.24, 2.45) is 0 Å². The van der Waals surface area contributed by atoms with E-state index in [0.29, 0.717) is 24.4 Å². The van der Waals surface area contributed by atoms with Crippen LogP contribution in [0, 0.1) is 12.7 Å². The highest BCUT2D eigenvalue weighted by Gasteiger charge is 2.32. The summed E-state index contributed by atoms with van der Waals surface area (Å²) in [6.45, 7) is 6.25. The zero-order valence-corrected chi connectivity index (χ0v) is 19.7. The second kappa shape index (κ2) is 10.1. The third-order valence-electron chi connectivity index (χ3n) is 6.16. The summed E-state index contributed by atoms with van der Waals surface area (Å²) in [4.78, 5) is 27.3. The zero-order valence-electron chi connectivity index (χ0n) is 19.7. The molecule has 1 N–H and O–H groups in total. The van der Waals surface area contributed by atoms with Gasteiger partial charge in [0.2, 0.25) is 5.91 Å². The molecule has 0 spiro atoms. The molecule has 6 heteroatoms. The molecule has 2 amide bonds. The van der Waals surface area contributed by atoms with Crippen LogP contribution in [0.25, 0.3) is 0 Å². The predicted molar refractivity (Wildman–Crippen MR) is 130 cm³/mol. The van der Waals surface area contributed by atoms with E-state index in [1.165, 1.54) is 29.8 Å². The summed E-state index contributed by atoms with van der Waals surface area (Å²) in [5.74, 6) is -0.0321. The Morgan fingerprint density at radius 1 is 1.09 bits per heavy atom. The minimum absolute atomic E-state index is 0.106. The van der Waals surface area contributed by atoms with E-state index < -0.39 is 6.10 Å². The number of ether oxygens (including phenoxy) is 1. The van der Waals surface area contributed by atoms with Crippen molar-refractivity contribution in [3.8, 4) is 5.75 Å². The molecule has 0 unspecified atom stereocenters. The Labute approximate surface area is 199 Å². The van der Waals surface area contributed by atoms with Crippen molar-refractivity contribution in [1.29, 1.82) is 0 Å². The molecule has 2 atom stereocenters. The lowest BCUT2D eigenvalue weighted by atomic mass is 9.87. The number of halogens is 1. The van der Waals surface area contributed by atoms with Crippen LogP contribution in [0.2, 0.25) is 0 Å². The Kier molecular flexibility index (Phi) is 6.96. The first-order chi connectivity index (χ1) is 16.4. The molecule has 1 heterocycles. The van der Waals surface area contributed by atoms with E-state index in [2.05, 4.69) is 29.6 Å². The lowest BCUT2D eigenvalue weighted by Crippen LogP contribution is -2.40. The van der Waals surface area contributed by atoms with Gasteiger partial charge in [-0.2, -0.15) is 0 Å². The number of nitrogens with zero attached hydrogens (tertiary/aromatic N) is 1. The van der Waals surface area contributed by atoms with Crippen molar-refractivity contribution in [3.63, 3.8) is 0 Å². The monoisotopic (exact) mass is 460 g/mol. The molecular formula is C28H29FN2O3. The van der Waals surface area contributed by atoms with Crippen molar-refractivity contribution in [1.82, 2.24) is 4.90 Å². The van der Waals surface area contributed by atoms with Gasteiger partial charge in [-0.15, -0.1) is 0 Å². The minimum atomic E-state index is -0.766.